The van der Waals surface area contributed by atoms with Crippen molar-refractivity contribution in [3.63, 3.8) is 0 Å². The molecule has 0 aromatic heterocycles. The van der Waals surface area contributed by atoms with Gasteiger partial charge in [0.2, 0.25) is 5.91 Å². The van der Waals surface area contributed by atoms with E-state index < -0.39 is 5.79 Å². The Hall–Kier alpha value is -1.39. The second-order valence-electron chi connectivity index (χ2n) is 8.22. The van der Waals surface area contributed by atoms with Crippen LogP contribution in [0.25, 0.3) is 0 Å². The highest BCUT2D eigenvalue weighted by Gasteiger charge is 2.42. The van der Waals surface area contributed by atoms with E-state index in [0.29, 0.717) is 25.0 Å². The van der Waals surface area contributed by atoms with E-state index in [1.807, 2.05) is 0 Å². The fourth-order valence-electron chi connectivity index (χ4n) is 4.91. The summed E-state index contributed by atoms with van der Waals surface area (Å²) in [5.74, 6) is 0.388. The fraction of sp³-hybridized carbons (Fsp3) is 0.682. The van der Waals surface area contributed by atoms with Gasteiger partial charge < -0.3 is 14.4 Å². The van der Waals surface area contributed by atoms with E-state index in [2.05, 4.69) is 36.1 Å². The standard InChI is InChI=1S/C22H31NO3/c1-17-7-9-19(10-8-17)20(18-5-3-2-4-6-18)21(24)23-13-11-22(12-14-23)25-15-16-26-22/h7-10,18,20H,2-6,11-16H2,1H3. The summed E-state index contributed by atoms with van der Waals surface area (Å²) in [6.45, 7) is 4.96. The highest BCUT2D eigenvalue weighted by Crippen LogP contribution is 2.39. The molecular formula is C22H31NO3. The summed E-state index contributed by atoms with van der Waals surface area (Å²) in [5, 5.41) is 0. The molecule has 4 heteroatoms. The van der Waals surface area contributed by atoms with Crippen molar-refractivity contribution in [3.8, 4) is 0 Å². The van der Waals surface area contributed by atoms with Crippen molar-refractivity contribution in [2.45, 2.75) is 63.6 Å². The molecule has 1 amide bonds. The topological polar surface area (TPSA) is 38.8 Å². The van der Waals surface area contributed by atoms with Crippen molar-refractivity contribution in [2.75, 3.05) is 26.3 Å². The molecule has 0 N–H and O–H groups in total. The molecule has 1 aliphatic carbocycles. The molecule has 142 valence electrons. The third-order valence-electron chi connectivity index (χ3n) is 6.47. The summed E-state index contributed by atoms with van der Waals surface area (Å²) in [5.41, 5.74) is 2.44. The van der Waals surface area contributed by atoms with Gasteiger partial charge in [0, 0.05) is 25.9 Å². The number of piperidine rings is 1. The highest BCUT2D eigenvalue weighted by molar-refractivity contribution is 5.84. The lowest BCUT2D eigenvalue weighted by Gasteiger charge is -2.40. The molecule has 2 aliphatic heterocycles. The van der Waals surface area contributed by atoms with Crippen LogP contribution in [0.4, 0.5) is 0 Å². The van der Waals surface area contributed by atoms with E-state index in [1.54, 1.807) is 0 Å². The number of amides is 1. The Labute approximate surface area is 156 Å². The molecule has 1 aromatic rings. The summed E-state index contributed by atoms with van der Waals surface area (Å²) in [4.78, 5) is 15.6. The number of rotatable bonds is 3. The van der Waals surface area contributed by atoms with Crippen molar-refractivity contribution in [1.29, 1.82) is 0 Å². The molecule has 4 rings (SSSR count). The van der Waals surface area contributed by atoms with Crippen molar-refractivity contribution in [3.05, 3.63) is 35.4 Å². The molecule has 26 heavy (non-hydrogen) atoms. The van der Waals surface area contributed by atoms with Crippen LogP contribution in [0.1, 0.15) is 62.0 Å². The third-order valence-corrected chi connectivity index (χ3v) is 6.47. The molecular weight excluding hydrogens is 326 g/mol. The van der Waals surface area contributed by atoms with Gasteiger partial charge in [0.25, 0.3) is 0 Å². The molecule has 1 spiro atoms. The van der Waals surface area contributed by atoms with Gasteiger partial charge in [-0.25, -0.2) is 0 Å². The number of carbonyl (C=O) groups is 1. The molecule has 3 fully saturated rings. The number of nitrogens with zero attached hydrogens (tertiary/aromatic N) is 1. The molecule has 1 saturated carbocycles. The molecule has 2 heterocycles. The van der Waals surface area contributed by atoms with Gasteiger partial charge in [0.05, 0.1) is 19.1 Å². The van der Waals surface area contributed by atoms with Gasteiger partial charge in [-0.1, -0.05) is 49.1 Å². The lowest BCUT2D eigenvalue weighted by molar-refractivity contribution is -0.188. The highest BCUT2D eigenvalue weighted by atomic mass is 16.7. The number of ether oxygens (including phenoxy) is 2. The molecule has 1 unspecified atom stereocenters. The van der Waals surface area contributed by atoms with Crippen molar-refractivity contribution < 1.29 is 14.3 Å². The van der Waals surface area contributed by atoms with Crippen LogP contribution in [0.5, 0.6) is 0 Å². The quantitative estimate of drug-likeness (QED) is 0.820. The summed E-state index contributed by atoms with van der Waals surface area (Å²) in [6.07, 6.45) is 7.76. The van der Waals surface area contributed by atoms with E-state index >= 15 is 0 Å². The van der Waals surface area contributed by atoms with E-state index in [0.717, 1.165) is 25.9 Å². The van der Waals surface area contributed by atoms with Crippen molar-refractivity contribution in [1.82, 2.24) is 4.90 Å². The zero-order valence-corrected chi connectivity index (χ0v) is 15.9. The largest absolute Gasteiger partial charge is 0.347 e. The first-order valence-electron chi connectivity index (χ1n) is 10.3. The monoisotopic (exact) mass is 357 g/mol. The van der Waals surface area contributed by atoms with Gasteiger partial charge in [-0.15, -0.1) is 0 Å². The Kier molecular flexibility index (Phi) is 5.32. The first-order chi connectivity index (χ1) is 12.7. The minimum Gasteiger partial charge on any atom is -0.347 e. The molecule has 0 bridgehead atoms. The van der Waals surface area contributed by atoms with Gasteiger partial charge in [-0.05, 0) is 31.2 Å². The van der Waals surface area contributed by atoms with E-state index in [9.17, 15) is 4.79 Å². The van der Waals surface area contributed by atoms with E-state index in [-0.39, 0.29) is 5.92 Å². The molecule has 4 nitrogen and oxygen atoms in total. The number of aryl methyl sites for hydroxylation is 1. The number of likely N-dealkylation sites (tertiary alicyclic amines) is 1. The smallest absolute Gasteiger partial charge is 0.230 e. The number of hydrogen-bond acceptors (Lipinski definition) is 3. The Balaban J connectivity index is 1.51. The van der Waals surface area contributed by atoms with E-state index in [4.69, 9.17) is 9.47 Å². The van der Waals surface area contributed by atoms with Crippen molar-refractivity contribution >= 4 is 5.91 Å². The normalized spacial score (nSPS) is 24.7. The minimum atomic E-state index is -0.416. The van der Waals surface area contributed by atoms with Crippen LogP contribution < -0.4 is 0 Å². The van der Waals surface area contributed by atoms with Crippen LogP contribution in [0, 0.1) is 12.8 Å². The average molecular weight is 357 g/mol. The summed E-state index contributed by atoms with van der Waals surface area (Å²) >= 11 is 0. The predicted molar refractivity (Wildman–Crippen MR) is 101 cm³/mol. The van der Waals surface area contributed by atoms with Crippen LogP contribution in [0.15, 0.2) is 24.3 Å². The Morgan fingerprint density at radius 1 is 1.04 bits per heavy atom. The Morgan fingerprint density at radius 2 is 1.65 bits per heavy atom. The summed E-state index contributed by atoms with van der Waals surface area (Å²) < 4.78 is 11.6. The van der Waals surface area contributed by atoms with Gasteiger partial charge in [-0.3, -0.25) is 4.79 Å². The van der Waals surface area contributed by atoms with Gasteiger partial charge in [0.15, 0.2) is 5.79 Å². The van der Waals surface area contributed by atoms with Gasteiger partial charge in [-0.2, -0.15) is 0 Å². The van der Waals surface area contributed by atoms with Crippen LogP contribution in [-0.2, 0) is 14.3 Å². The van der Waals surface area contributed by atoms with E-state index in [1.165, 1.54) is 43.2 Å². The second-order valence-corrected chi connectivity index (χ2v) is 8.22. The average Bonchev–Trinajstić information content (AvgIpc) is 3.13. The SMILES string of the molecule is Cc1ccc(C(C(=O)N2CCC3(CC2)OCCO3)C2CCCCC2)cc1. The number of carbonyl (C=O) groups excluding carboxylic acids is 1. The van der Waals surface area contributed by atoms with Crippen LogP contribution in [-0.4, -0.2) is 42.9 Å². The van der Waals surface area contributed by atoms with Crippen LogP contribution in [0.2, 0.25) is 0 Å². The number of benzene rings is 1. The molecule has 2 saturated heterocycles. The summed E-state index contributed by atoms with van der Waals surface area (Å²) in [6, 6.07) is 8.62. The predicted octanol–water partition coefficient (Wildman–Crippen LogP) is 4.02. The van der Waals surface area contributed by atoms with Crippen LogP contribution in [0.3, 0.4) is 0 Å². The maximum Gasteiger partial charge on any atom is 0.230 e. The molecule has 0 radical (unpaired) electrons. The minimum absolute atomic E-state index is 0.00960. The Bertz CT molecular complexity index is 605. The lowest BCUT2D eigenvalue weighted by Crippen LogP contribution is -2.49. The fourth-order valence-corrected chi connectivity index (χ4v) is 4.91. The first-order valence-corrected chi connectivity index (χ1v) is 10.3. The zero-order valence-electron chi connectivity index (χ0n) is 15.9. The molecule has 1 aromatic carbocycles. The molecule has 3 aliphatic rings. The second kappa shape index (κ2) is 7.69. The van der Waals surface area contributed by atoms with Gasteiger partial charge in [0.1, 0.15) is 0 Å². The maximum absolute atomic E-state index is 13.5. The Morgan fingerprint density at radius 3 is 2.27 bits per heavy atom. The zero-order chi connectivity index (χ0) is 18.0. The first kappa shape index (κ1) is 18.0. The van der Waals surface area contributed by atoms with Gasteiger partial charge >= 0.3 is 0 Å². The third kappa shape index (κ3) is 3.67. The lowest BCUT2D eigenvalue weighted by atomic mass is 9.75. The number of hydrogen-bond donors (Lipinski definition) is 0. The van der Waals surface area contributed by atoms with Crippen molar-refractivity contribution in [2.24, 2.45) is 5.92 Å². The van der Waals surface area contributed by atoms with Crippen LogP contribution >= 0.6 is 0 Å². The summed E-state index contributed by atoms with van der Waals surface area (Å²) in [7, 11) is 0. The maximum atomic E-state index is 13.5. The molecule has 1 atom stereocenters.